The predicted octanol–water partition coefficient (Wildman–Crippen LogP) is 1.77. The van der Waals surface area contributed by atoms with Crippen molar-refractivity contribution in [1.82, 2.24) is 10.6 Å². The van der Waals surface area contributed by atoms with E-state index in [4.69, 9.17) is 4.74 Å². The van der Waals surface area contributed by atoms with Crippen molar-refractivity contribution < 1.29 is 9.53 Å². The Morgan fingerprint density at radius 2 is 2.20 bits per heavy atom. The normalized spacial score (nSPS) is 21.7. The van der Waals surface area contributed by atoms with Crippen LogP contribution in [0.2, 0.25) is 0 Å². The molecule has 0 aromatic heterocycles. The number of amides is 1. The predicted molar refractivity (Wildman–Crippen MR) is 82.5 cm³/mol. The van der Waals surface area contributed by atoms with Gasteiger partial charge in [0, 0.05) is 11.6 Å². The van der Waals surface area contributed by atoms with Crippen molar-refractivity contribution in [3.8, 4) is 5.75 Å². The van der Waals surface area contributed by atoms with E-state index in [1.807, 2.05) is 24.3 Å². The Hall–Kier alpha value is -1.26. The summed E-state index contributed by atoms with van der Waals surface area (Å²) in [6.07, 6.45) is 1.37. The van der Waals surface area contributed by atoms with Crippen LogP contribution in [0.1, 0.15) is 18.9 Å². The summed E-state index contributed by atoms with van der Waals surface area (Å²) >= 11 is 0. The summed E-state index contributed by atoms with van der Waals surface area (Å²) in [6, 6.07) is 7.94. The monoisotopic (exact) mass is 298 g/mol. The van der Waals surface area contributed by atoms with Gasteiger partial charge in [-0.3, -0.25) is 4.79 Å². The van der Waals surface area contributed by atoms with Crippen LogP contribution >= 0.6 is 12.4 Å². The van der Waals surface area contributed by atoms with Gasteiger partial charge in [-0.2, -0.15) is 0 Å². The fraction of sp³-hybridized carbons (Fsp3) is 0.533. The molecule has 0 aliphatic carbocycles. The molecule has 0 spiro atoms. The van der Waals surface area contributed by atoms with Crippen molar-refractivity contribution >= 4 is 18.3 Å². The molecule has 2 unspecified atom stereocenters. The van der Waals surface area contributed by atoms with Gasteiger partial charge in [-0.05, 0) is 31.5 Å². The molecule has 20 heavy (non-hydrogen) atoms. The van der Waals surface area contributed by atoms with Crippen LogP contribution in [-0.4, -0.2) is 32.1 Å². The van der Waals surface area contributed by atoms with Gasteiger partial charge in [0.25, 0.3) is 0 Å². The molecule has 1 fully saturated rings. The summed E-state index contributed by atoms with van der Waals surface area (Å²) in [7, 11) is 1.63. The van der Waals surface area contributed by atoms with E-state index in [9.17, 15) is 4.79 Å². The van der Waals surface area contributed by atoms with Gasteiger partial charge in [-0.25, -0.2) is 0 Å². The van der Waals surface area contributed by atoms with E-state index in [0.717, 1.165) is 30.8 Å². The van der Waals surface area contributed by atoms with Crippen molar-refractivity contribution in [3.63, 3.8) is 0 Å². The molecular weight excluding hydrogens is 276 g/mol. The highest BCUT2D eigenvalue weighted by atomic mass is 35.5. The van der Waals surface area contributed by atoms with E-state index in [2.05, 4.69) is 17.6 Å². The Morgan fingerprint density at radius 3 is 2.90 bits per heavy atom. The molecule has 1 heterocycles. The lowest BCUT2D eigenvalue weighted by Gasteiger charge is -2.30. The highest BCUT2D eigenvalue weighted by Gasteiger charge is 2.22. The summed E-state index contributed by atoms with van der Waals surface area (Å²) in [5.41, 5.74) is 0.934. The molecule has 1 amide bonds. The van der Waals surface area contributed by atoms with Crippen molar-refractivity contribution in [3.05, 3.63) is 29.8 Å². The van der Waals surface area contributed by atoms with E-state index in [-0.39, 0.29) is 24.4 Å². The molecule has 5 heteroatoms. The van der Waals surface area contributed by atoms with Gasteiger partial charge in [-0.15, -0.1) is 12.4 Å². The van der Waals surface area contributed by atoms with E-state index in [1.54, 1.807) is 7.11 Å². The molecular formula is C15H23ClN2O2. The third-order valence-corrected chi connectivity index (χ3v) is 3.68. The van der Waals surface area contributed by atoms with Gasteiger partial charge in [0.1, 0.15) is 5.75 Å². The Kier molecular flexibility index (Phi) is 6.82. The molecule has 1 saturated heterocycles. The number of rotatable bonds is 4. The number of ether oxygens (including phenoxy) is 1. The Balaban J connectivity index is 0.00000200. The zero-order valence-corrected chi connectivity index (χ0v) is 12.8. The number of carbonyl (C=O) groups is 1. The minimum Gasteiger partial charge on any atom is -0.496 e. The number of benzene rings is 1. The molecule has 1 aromatic rings. The summed E-state index contributed by atoms with van der Waals surface area (Å²) in [6.45, 7) is 4.11. The van der Waals surface area contributed by atoms with Crippen molar-refractivity contribution in [1.29, 1.82) is 0 Å². The fourth-order valence-corrected chi connectivity index (χ4v) is 2.51. The first kappa shape index (κ1) is 16.8. The summed E-state index contributed by atoms with van der Waals surface area (Å²) in [4.78, 5) is 12.1. The zero-order chi connectivity index (χ0) is 13.7. The maximum absolute atomic E-state index is 12.1. The summed E-state index contributed by atoms with van der Waals surface area (Å²) in [5, 5.41) is 6.47. The van der Waals surface area contributed by atoms with Crippen LogP contribution in [0.5, 0.6) is 5.75 Å². The second kappa shape index (κ2) is 8.12. The van der Waals surface area contributed by atoms with Crippen molar-refractivity contribution in [2.24, 2.45) is 5.92 Å². The fourth-order valence-electron chi connectivity index (χ4n) is 2.51. The number of piperidine rings is 1. The smallest absolute Gasteiger partial charge is 0.224 e. The van der Waals surface area contributed by atoms with Gasteiger partial charge < -0.3 is 15.4 Å². The van der Waals surface area contributed by atoms with Crippen LogP contribution in [0, 0.1) is 5.92 Å². The highest BCUT2D eigenvalue weighted by Crippen LogP contribution is 2.18. The van der Waals surface area contributed by atoms with E-state index in [0.29, 0.717) is 12.3 Å². The number of nitrogens with one attached hydrogen (secondary N) is 2. The highest BCUT2D eigenvalue weighted by molar-refractivity contribution is 5.85. The maximum atomic E-state index is 12.1. The summed E-state index contributed by atoms with van der Waals surface area (Å²) < 4.78 is 5.27. The first-order valence-corrected chi connectivity index (χ1v) is 6.82. The first-order chi connectivity index (χ1) is 9.20. The van der Waals surface area contributed by atoms with Crippen molar-refractivity contribution in [2.75, 3.05) is 20.2 Å². The average molecular weight is 299 g/mol. The lowest BCUT2D eigenvalue weighted by molar-refractivity contribution is -0.121. The molecule has 2 atom stereocenters. The number of carbonyl (C=O) groups excluding carboxylic acids is 1. The third kappa shape index (κ3) is 4.39. The van der Waals surface area contributed by atoms with Gasteiger partial charge in [0.15, 0.2) is 0 Å². The molecule has 0 radical (unpaired) electrons. The number of methoxy groups -OCH3 is 1. The minimum absolute atomic E-state index is 0. The number of para-hydroxylation sites is 1. The number of hydrogen-bond donors (Lipinski definition) is 2. The molecule has 1 aromatic carbocycles. The molecule has 112 valence electrons. The third-order valence-electron chi connectivity index (χ3n) is 3.68. The zero-order valence-electron chi connectivity index (χ0n) is 12.0. The minimum atomic E-state index is 0. The van der Waals surface area contributed by atoms with Crippen LogP contribution < -0.4 is 15.4 Å². The Bertz CT molecular complexity index is 440. The standard InChI is InChI=1S/C15H22N2O2.ClH/c1-11-10-16-8-7-13(11)17-15(18)9-12-5-3-4-6-14(12)19-2;/h3-6,11,13,16H,7-10H2,1-2H3,(H,17,18);1H. The molecule has 2 N–H and O–H groups in total. The average Bonchev–Trinajstić information content (AvgIpc) is 2.42. The van der Waals surface area contributed by atoms with E-state index in [1.165, 1.54) is 0 Å². The van der Waals surface area contributed by atoms with Crippen LogP contribution in [0.25, 0.3) is 0 Å². The van der Waals surface area contributed by atoms with Crippen LogP contribution in [0.4, 0.5) is 0 Å². The lowest BCUT2D eigenvalue weighted by Crippen LogP contribution is -2.48. The maximum Gasteiger partial charge on any atom is 0.224 e. The van der Waals surface area contributed by atoms with Gasteiger partial charge in [-0.1, -0.05) is 25.1 Å². The van der Waals surface area contributed by atoms with Gasteiger partial charge in [0.05, 0.1) is 13.5 Å². The molecule has 1 aliphatic heterocycles. The van der Waals surface area contributed by atoms with Gasteiger partial charge in [0.2, 0.25) is 5.91 Å². The van der Waals surface area contributed by atoms with Crippen LogP contribution in [0.15, 0.2) is 24.3 Å². The largest absolute Gasteiger partial charge is 0.496 e. The second-order valence-corrected chi connectivity index (χ2v) is 5.13. The van der Waals surface area contributed by atoms with Crippen molar-refractivity contribution in [2.45, 2.75) is 25.8 Å². The molecule has 1 aliphatic rings. The van der Waals surface area contributed by atoms with Crippen LogP contribution in [-0.2, 0) is 11.2 Å². The summed E-state index contributed by atoms with van der Waals surface area (Å²) in [5.74, 6) is 1.33. The Morgan fingerprint density at radius 1 is 1.45 bits per heavy atom. The molecule has 4 nitrogen and oxygen atoms in total. The topological polar surface area (TPSA) is 50.4 Å². The quantitative estimate of drug-likeness (QED) is 0.891. The Labute approximate surface area is 126 Å². The van der Waals surface area contributed by atoms with Gasteiger partial charge >= 0.3 is 0 Å². The van der Waals surface area contributed by atoms with E-state index < -0.39 is 0 Å². The SMILES string of the molecule is COc1ccccc1CC(=O)NC1CCNCC1C.Cl. The second-order valence-electron chi connectivity index (χ2n) is 5.13. The number of halogens is 1. The molecule has 2 rings (SSSR count). The number of hydrogen-bond acceptors (Lipinski definition) is 3. The lowest BCUT2D eigenvalue weighted by atomic mass is 9.95. The first-order valence-electron chi connectivity index (χ1n) is 6.82. The van der Waals surface area contributed by atoms with E-state index >= 15 is 0 Å². The van der Waals surface area contributed by atoms with Crippen LogP contribution in [0.3, 0.4) is 0 Å². The molecule has 0 bridgehead atoms. The molecule has 0 saturated carbocycles.